The molecule has 2 saturated heterocycles. The number of fused-ring (bicyclic) bond motifs is 4. The maximum Gasteiger partial charge on any atom is 0.0103 e. The van der Waals surface area contributed by atoms with Gasteiger partial charge in [-0.1, -0.05) is 13.8 Å². The van der Waals surface area contributed by atoms with E-state index in [4.69, 9.17) is 0 Å². The number of piperidine rings is 1. The maximum absolute atomic E-state index is 2.75. The molecule has 3 fully saturated rings. The Labute approximate surface area is 88.9 Å². The summed E-state index contributed by atoms with van der Waals surface area (Å²) in [7, 11) is 0. The predicted molar refractivity (Wildman–Crippen MR) is 61.4 cm³/mol. The van der Waals surface area contributed by atoms with Crippen molar-refractivity contribution in [3.05, 3.63) is 0 Å². The minimum absolute atomic E-state index is 0.593. The van der Waals surface area contributed by atoms with Crippen molar-refractivity contribution in [3.63, 3.8) is 0 Å². The first-order valence-electron chi connectivity index (χ1n) is 6.24. The Bertz CT molecular complexity index is 207. The molecule has 14 heavy (non-hydrogen) atoms. The fraction of sp³-hybridized carbons (Fsp3) is 1.00. The van der Waals surface area contributed by atoms with Crippen LogP contribution in [0.3, 0.4) is 0 Å². The molecule has 1 aliphatic carbocycles. The molecule has 1 saturated carbocycles. The number of nitrogens with zero attached hydrogens (tertiary/aromatic N) is 1. The highest BCUT2D eigenvalue weighted by Gasteiger charge is 2.39. The van der Waals surface area contributed by atoms with Gasteiger partial charge in [-0.2, -0.15) is 0 Å². The van der Waals surface area contributed by atoms with E-state index in [2.05, 4.69) is 32.6 Å². The molecule has 0 N–H and O–H groups in total. The van der Waals surface area contributed by atoms with Crippen molar-refractivity contribution in [2.75, 3.05) is 6.54 Å². The van der Waals surface area contributed by atoms with Gasteiger partial charge < -0.3 is 0 Å². The first-order valence-corrected chi connectivity index (χ1v) is 6.24. The van der Waals surface area contributed by atoms with Crippen LogP contribution in [-0.4, -0.2) is 23.5 Å². The standard InChI is InChI=1S/C13H25N/c1-10(2)14-9-11-5-6-12(14)8-13(3,4)7-11/h10-12H,5-9H2,1-4H3. The minimum Gasteiger partial charge on any atom is -0.298 e. The molecule has 0 aromatic carbocycles. The van der Waals surface area contributed by atoms with Gasteiger partial charge in [-0.25, -0.2) is 0 Å². The molecule has 2 unspecified atom stereocenters. The molecule has 0 radical (unpaired) electrons. The molecule has 0 aromatic heterocycles. The van der Waals surface area contributed by atoms with Gasteiger partial charge in [-0.05, 0) is 50.9 Å². The van der Waals surface area contributed by atoms with Gasteiger partial charge in [0.1, 0.15) is 0 Å². The van der Waals surface area contributed by atoms with Crippen LogP contribution < -0.4 is 0 Å². The van der Waals surface area contributed by atoms with Crippen LogP contribution in [0.2, 0.25) is 0 Å². The van der Waals surface area contributed by atoms with Gasteiger partial charge in [0.25, 0.3) is 0 Å². The van der Waals surface area contributed by atoms with Crippen molar-refractivity contribution in [3.8, 4) is 0 Å². The second-order valence-corrected chi connectivity index (χ2v) is 6.46. The summed E-state index contributed by atoms with van der Waals surface area (Å²) >= 11 is 0. The number of hydrogen-bond donors (Lipinski definition) is 0. The lowest BCUT2D eigenvalue weighted by atomic mass is 9.82. The average Bonchev–Trinajstić information content (AvgIpc) is 2.26. The molecule has 0 aromatic rings. The summed E-state index contributed by atoms with van der Waals surface area (Å²) in [4.78, 5) is 2.75. The highest BCUT2D eigenvalue weighted by molar-refractivity contribution is 4.93. The van der Waals surface area contributed by atoms with Gasteiger partial charge >= 0.3 is 0 Å². The van der Waals surface area contributed by atoms with E-state index in [0.29, 0.717) is 5.41 Å². The van der Waals surface area contributed by atoms with Crippen LogP contribution >= 0.6 is 0 Å². The molecule has 2 atom stereocenters. The van der Waals surface area contributed by atoms with Gasteiger partial charge in [0.05, 0.1) is 0 Å². The monoisotopic (exact) mass is 195 g/mol. The SMILES string of the molecule is CC(C)N1CC2CCC1CC(C)(C)C2. The fourth-order valence-corrected chi connectivity index (χ4v) is 3.65. The third-order valence-electron chi connectivity index (χ3n) is 4.14. The number of rotatable bonds is 1. The zero-order valence-electron chi connectivity index (χ0n) is 10.2. The second kappa shape index (κ2) is 3.52. The van der Waals surface area contributed by atoms with Gasteiger partial charge in [-0.15, -0.1) is 0 Å². The summed E-state index contributed by atoms with van der Waals surface area (Å²) in [5.41, 5.74) is 0.593. The lowest BCUT2D eigenvalue weighted by molar-refractivity contribution is 0.0893. The molecule has 0 amide bonds. The van der Waals surface area contributed by atoms with Crippen molar-refractivity contribution in [1.82, 2.24) is 4.90 Å². The molecule has 1 nitrogen and oxygen atoms in total. The zero-order chi connectivity index (χ0) is 10.3. The third kappa shape index (κ3) is 1.98. The van der Waals surface area contributed by atoms with E-state index >= 15 is 0 Å². The van der Waals surface area contributed by atoms with Crippen LogP contribution in [0, 0.1) is 11.3 Å². The molecule has 3 aliphatic rings. The molecule has 2 heterocycles. The van der Waals surface area contributed by atoms with E-state index in [0.717, 1.165) is 18.0 Å². The Hall–Kier alpha value is -0.0400. The Morgan fingerprint density at radius 1 is 1.14 bits per heavy atom. The van der Waals surface area contributed by atoms with E-state index in [1.54, 1.807) is 0 Å². The Morgan fingerprint density at radius 3 is 2.50 bits per heavy atom. The molecule has 2 bridgehead atoms. The third-order valence-corrected chi connectivity index (χ3v) is 4.14. The number of hydrogen-bond acceptors (Lipinski definition) is 1. The summed E-state index contributed by atoms with van der Waals surface area (Å²) in [5.74, 6) is 0.978. The minimum atomic E-state index is 0.593. The van der Waals surface area contributed by atoms with Gasteiger partial charge in [0.2, 0.25) is 0 Å². The Morgan fingerprint density at radius 2 is 1.86 bits per heavy atom. The topological polar surface area (TPSA) is 3.24 Å². The Kier molecular flexibility index (Phi) is 2.63. The van der Waals surface area contributed by atoms with E-state index in [1.807, 2.05) is 0 Å². The molecular formula is C13H25N. The summed E-state index contributed by atoms with van der Waals surface area (Å²) in [6.07, 6.45) is 5.80. The van der Waals surface area contributed by atoms with Crippen molar-refractivity contribution in [1.29, 1.82) is 0 Å². The Balaban J connectivity index is 2.15. The lowest BCUT2D eigenvalue weighted by Gasteiger charge is -2.39. The summed E-state index contributed by atoms with van der Waals surface area (Å²) in [6, 6.07) is 1.63. The molecule has 0 spiro atoms. The van der Waals surface area contributed by atoms with Crippen LogP contribution in [0.25, 0.3) is 0 Å². The first kappa shape index (κ1) is 10.5. The zero-order valence-corrected chi connectivity index (χ0v) is 10.2. The summed E-state index contributed by atoms with van der Waals surface area (Å²) < 4.78 is 0. The van der Waals surface area contributed by atoms with E-state index in [-0.39, 0.29) is 0 Å². The summed E-state index contributed by atoms with van der Waals surface area (Å²) in [5, 5.41) is 0. The molecule has 1 heteroatoms. The fourth-order valence-electron chi connectivity index (χ4n) is 3.65. The smallest absolute Gasteiger partial charge is 0.0103 e. The van der Waals surface area contributed by atoms with Crippen LogP contribution in [0.5, 0.6) is 0 Å². The molecule has 2 aliphatic heterocycles. The van der Waals surface area contributed by atoms with Crippen LogP contribution in [-0.2, 0) is 0 Å². The molecule has 3 rings (SSSR count). The van der Waals surface area contributed by atoms with Crippen LogP contribution in [0.15, 0.2) is 0 Å². The van der Waals surface area contributed by atoms with Crippen molar-refractivity contribution >= 4 is 0 Å². The van der Waals surface area contributed by atoms with Gasteiger partial charge in [0, 0.05) is 18.6 Å². The van der Waals surface area contributed by atoms with E-state index in [9.17, 15) is 0 Å². The summed E-state index contributed by atoms with van der Waals surface area (Å²) in [6.45, 7) is 11.0. The molecular weight excluding hydrogens is 170 g/mol. The van der Waals surface area contributed by atoms with E-state index in [1.165, 1.54) is 32.2 Å². The average molecular weight is 195 g/mol. The van der Waals surface area contributed by atoms with Crippen LogP contribution in [0.4, 0.5) is 0 Å². The highest BCUT2D eigenvalue weighted by atomic mass is 15.2. The largest absolute Gasteiger partial charge is 0.298 e. The van der Waals surface area contributed by atoms with Crippen molar-refractivity contribution in [2.24, 2.45) is 11.3 Å². The van der Waals surface area contributed by atoms with Crippen LogP contribution in [0.1, 0.15) is 53.4 Å². The van der Waals surface area contributed by atoms with Gasteiger partial charge in [0.15, 0.2) is 0 Å². The van der Waals surface area contributed by atoms with Crippen molar-refractivity contribution < 1.29 is 0 Å². The maximum atomic E-state index is 2.75. The highest BCUT2D eigenvalue weighted by Crippen LogP contribution is 2.43. The quantitative estimate of drug-likeness (QED) is 0.620. The van der Waals surface area contributed by atoms with Gasteiger partial charge in [-0.3, -0.25) is 4.90 Å². The predicted octanol–water partition coefficient (Wildman–Crippen LogP) is 3.30. The van der Waals surface area contributed by atoms with Crippen molar-refractivity contribution in [2.45, 2.75) is 65.5 Å². The first-order chi connectivity index (χ1) is 6.48. The lowest BCUT2D eigenvalue weighted by Crippen LogP contribution is -2.45. The van der Waals surface area contributed by atoms with E-state index < -0.39 is 0 Å². The molecule has 82 valence electrons. The second-order valence-electron chi connectivity index (χ2n) is 6.46. The normalized spacial score (nSPS) is 37.5.